The van der Waals surface area contributed by atoms with Gasteiger partial charge in [-0.1, -0.05) is 79.7 Å². The standard InChI is InChI=1S/C39H70O4Si2/c1-27(26-41-35(40)36(3,4)5)32-21-22-33-29(18-17-23-39(32,33)12)19-20-30-24-31(42-44(13,14)37(6,7)8)25-34(28(30)2)43-45(15,16)38(9,10)11/h19-20,27,31-34H,2,17-18,21-26H2,1,3-16H3/t27-,31+,32+,33?,34-,39+/m0/s1. The molecule has 0 aromatic rings. The number of carbonyl (C=O) groups excluding carboxylic acids is 1. The summed E-state index contributed by atoms with van der Waals surface area (Å²) in [6.45, 7) is 39.2. The average Bonchev–Trinajstić information content (AvgIpc) is 3.23. The van der Waals surface area contributed by atoms with Crippen molar-refractivity contribution >= 4 is 22.6 Å². The minimum absolute atomic E-state index is 0.00296. The van der Waals surface area contributed by atoms with Gasteiger partial charge < -0.3 is 13.6 Å². The number of carbonyl (C=O) groups is 1. The maximum absolute atomic E-state index is 12.5. The van der Waals surface area contributed by atoms with Crippen LogP contribution in [0.2, 0.25) is 36.3 Å². The molecule has 45 heavy (non-hydrogen) atoms. The molecule has 0 aromatic carbocycles. The van der Waals surface area contributed by atoms with E-state index in [0.717, 1.165) is 18.4 Å². The molecule has 6 heteroatoms. The fourth-order valence-corrected chi connectivity index (χ4v) is 10.2. The Morgan fingerprint density at radius 2 is 1.53 bits per heavy atom. The zero-order valence-corrected chi connectivity index (χ0v) is 34.0. The number of ether oxygens (including phenoxy) is 1. The molecule has 3 rings (SSSR count). The molecule has 0 heterocycles. The SMILES string of the molecule is C=C1C(=CC=C2CCC[C@@]3(C)C2CC[C@@H]3[C@@H](C)COC(=O)C(C)(C)C)C[C@@H](O[Si](C)(C)C(C)(C)C)C[C@@H]1O[Si](C)(C)C(C)(C)C. The third kappa shape index (κ3) is 8.75. The van der Waals surface area contributed by atoms with Gasteiger partial charge in [-0.3, -0.25) is 4.79 Å². The van der Waals surface area contributed by atoms with E-state index in [1.165, 1.54) is 37.7 Å². The van der Waals surface area contributed by atoms with Crippen molar-refractivity contribution in [3.63, 3.8) is 0 Å². The van der Waals surface area contributed by atoms with Crippen molar-refractivity contribution in [3.05, 3.63) is 35.5 Å². The van der Waals surface area contributed by atoms with Gasteiger partial charge in [0.1, 0.15) is 0 Å². The van der Waals surface area contributed by atoms with Gasteiger partial charge in [0.15, 0.2) is 16.6 Å². The van der Waals surface area contributed by atoms with E-state index in [0.29, 0.717) is 24.4 Å². The Hall–Kier alpha value is -0.956. The zero-order chi connectivity index (χ0) is 34.4. The molecule has 0 spiro atoms. The molecule has 258 valence electrons. The summed E-state index contributed by atoms with van der Waals surface area (Å²) in [6.07, 6.45) is 12.9. The highest BCUT2D eigenvalue weighted by Crippen LogP contribution is 2.59. The lowest BCUT2D eigenvalue weighted by Gasteiger charge is -2.46. The molecular formula is C39H70O4Si2. The maximum Gasteiger partial charge on any atom is 0.311 e. The van der Waals surface area contributed by atoms with E-state index in [2.05, 4.69) is 100 Å². The second-order valence-electron chi connectivity index (χ2n) is 19.2. The molecule has 0 aliphatic heterocycles. The number of hydrogen-bond acceptors (Lipinski definition) is 4. The van der Waals surface area contributed by atoms with Crippen LogP contribution in [0, 0.1) is 28.6 Å². The van der Waals surface area contributed by atoms with Gasteiger partial charge in [0, 0.05) is 6.42 Å². The van der Waals surface area contributed by atoms with Gasteiger partial charge in [-0.2, -0.15) is 0 Å². The van der Waals surface area contributed by atoms with E-state index in [1.54, 1.807) is 5.57 Å². The number of allylic oxidation sites excluding steroid dienone is 3. The second-order valence-corrected chi connectivity index (χ2v) is 28.7. The Morgan fingerprint density at radius 3 is 2.09 bits per heavy atom. The predicted molar refractivity (Wildman–Crippen MR) is 196 cm³/mol. The molecule has 0 radical (unpaired) electrons. The lowest BCUT2D eigenvalue weighted by atomic mass is 9.61. The molecule has 0 N–H and O–H groups in total. The molecule has 6 atom stereocenters. The normalized spacial score (nSPS) is 31.3. The van der Waals surface area contributed by atoms with Gasteiger partial charge >= 0.3 is 5.97 Å². The van der Waals surface area contributed by atoms with Gasteiger partial charge in [-0.25, -0.2) is 0 Å². The Bertz CT molecular complexity index is 1140. The molecule has 3 saturated carbocycles. The minimum Gasteiger partial charge on any atom is -0.465 e. The molecule has 0 saturated heterocycles. The summed E-state index contributed by atoms with van der Waals surface area (Å²) in [5.41, 5.74) is 3.86. The molecular weight excluding hydrogens is 589 g/mol. The summed E-state index contributed by atoms with van der Waals surface area (Å²) in [4.78, 5) is 12.5. The lowest BCUT2D eigenvalue weighted by molar-refractivity contribution is -0.155. The summed E-state index contributed by atoms with van der Waals surface area (Å²) >= 11 is 0. The van der Waals surface area contributed by atoms with Crippen molar-refractivity contribution in [2.24, 2.45) is 28.6 Å². The molecule has 3 fully saturated rings. The van der Waals surface area contributed by atoms with Crippen LogP contribution in [0.25, 0.3) is 0 Å². The number of fused-ring (bicyclic) bond motifs is 1. The first-order valence-electron chi connectivity index (χ1n) is 17.9. The van der Waals surface area contributed by atoms with Crippen LogP contribution in [-0.4, -0.2) is 41.4 Å². The van der Waals surface area contributed by atoms with Crippen molar-refractivity contribution in [2.75, 3.05) is 6.61 Å². The zero-order valence-electron chi connectivity index (χ0n) is 32.0. The van der Waals surface area contributed by atoms with Gasteiger partial charge in [-0.05, 0) is 130 Å². The van der Waals surface area contributed by atoms with Crippen molar-refractivity contribution in [1.82, 2.24) is 0 Å². The highest BCUT2D eigenvalue weighted by atomic mass is 28.4. The van der Waals surface area contributed by atoms with Crippen molar-refractivity contribution in [1.29, 1.82) is 0 Å². The van der Waals surface area contributed by atoms with Crippen molar-refractivity contribution in [2.45, 2.75) is 170 Å². The summed E-state index contributed by atoms with van der Waals surface area (Å²) < 4.78 is 19.9. The molecule has 3 aliphatic rings. The third-order valence-corrected chi connectivity index (χ3v) is 21.6. The van der Waals surface area contributed by atoms with Gasteiger partial charge in [0.2, 0.25) is 0 Å². The average molecular weight is 659 g/mol. The van der Waals surface area contributed by atoms with Gasteiger partial charge in [-0.15, -0.1) is 0 Å². The minimum atomic E-state index is -1.99. The number of rotatable bonds is 8. The van der Waals surface area contributed by atoms with Crippen LogP contribution in [0.1, 0.15) is 121 Å². The van der Waals surface area contributed by atoms with Crippen LogP contribution in [-0.2, 0) is 18.4 Å². The summed E-state index contributed by atoms with van der Waals surface area (Å²) in [6, 6.07) is 0. The monoisotopic (exact) mass is 658 g/mol. The van der Waals surface area contributed by atoms with E-state index in [9.17, 15) is 4.79 Å². The first kappa shape index (κ1) is 38.5. The molecule has 0 amide bonds. The van der Waals surface area contributed by atoms with Gasteiger partial charge in [0.05, 0.1) is 24.2 Å². The molecule has 4 nitrogen and oxygen atoms in total. The molecule has 1 unspecified atom stereocenters. The Balaban J connectivity index is 1.87. The van der Waals surface area contributed by atoms with Crippen LogP contribution in [0.5, 0.6) is 0 Å². The number of hydrogen-bond donors (Lipinski definition) is 0. The summed E-state index contributed by atoms with van der Waals surface area (Å²) in [5, 5.41) is 0.303. The first-order chi connectivity index (χ1) is 20.3. The van der Waals surface area contributed by atoms with E-state index in [4.69, 9.17) is 13.6 Å². The molecule has 0 bridgehead atoms. The lowest BCUT2D eigenvalue weighted by Crippen LogP contribution is -2.49. The van der Waals surface area contributed by atoms with Crippen LogP contribution >= 0.6 is 0 Å². The Morgan fingerprint density at radius 1 is 0.956 bits per heavy atom. The Labute approximate surface area is 280 Å². The van der Waals surface area contributed by atoms with E-state index in [1.807, 2.05) is 20.8 Å². The van der Waals surface area contributed by atoms with Crippen LogP contribution in [0.3, 0.4) is 0 Å². The summed E-state index contributed by atoms with van der Waals surface area (Å²) in [7, 11) is -3.94. The quantitative estimate of drug-likeness (QED) is 0.192. The van der Waals surface area contributed by atoms with Crippen molar-refractivity contribution < 1.29 is 18.4 Å². The first-order valence-corrected chi connectivity index (χ1v) is 23.7. The molecule has 3 aliphatic carbocycles. The Kier molecular flexibility index (Phi) is 11.6. The fraction of sp³-hybridized carbons (Fsp3) is 0.821. The fourth-order valence-electron chi connectivity index (χ4n) is 7.52. The smallest absolute Gasteiger partial charge is 0.311 e. The van der Waals surface area contributed by atoms with Crippen LogP contribution < -0.4 is 0 Å². The van der Waals surface area contributed by atoms with E-state index >= 15 is 0 Å². The third-order valence-electron chi connectivity index (χ3n) is 12.5. The highest BCUT2D eigenvalue weighted by molar-refractivity contribution is 6.74. The molecule has 0 aromatic heterocycles. The van der Waals surface area contributed by atoms with E-state index < -0.39 is 22.0 Å². The van der Waals surface area contributed by atoms with E-state index in [-0.39, 0.29) is 33.7 Å². The van der Waals surface area contributed by atoms with Crippen LogP contribution in [0.4, 0.5) is 0 Å². The second kappa shape index (κ2) is 13.5. The van der Waals surface area contributed by atoms with Crippen LogP contribution in [0.15, 0.2) is 35.5 Å². The topological polar surface area (TPSA) is 44.8 Å². The number of esters is 1. The summed E-state index contributed by atoms with van der Waals surface area (Å²) in [5.74, 6) is 1.43. The highest BCUT2D eigenvalue weighted by Gasteiger charge is 2.51. The van der Waals surface area contributed by atoms with Gasteiger partial charge in [0.25, 0.3) is 0 Å². The maximum atomic E-state index is 12.5. The predicted octanol–water partition coefficient (Wildman–Crippen LogP) is 11.4. The largest absolute Gasteiger partial charge is 0.465 e. The van der Waals surface area contributed by atoms with Crippen molar-refractivity contribution in [3.8, 4) is 0 Å².